The molecule has 23 heavy (non-hydrogen) atoms. The predicted octanol–water partition coefficient (Wildman–Crippen LogP) is 0.408. The zero-order valence-corrected chi connectivity index (χ0v) is 13.2. The molecule has 8 nitrogen and oxygen atoms in total. The number of hydrogen-bond donors (Lipinski definition) is 3. The lowest BCUT2D eigenvalue weighted by atomic mass is 10.1. The smallest absolute Gasteiger partial charge is 0.267 e. The molecule has 1 aromatic carbocycles. The number of carbonyl (C=O) groups is 1. The van der Waals surface area contributed by atoms with Crippen LogP contribution in [0.1, 0.15) is 18.2 Å². The van der Waals surface area contributed by atoms with Gasteiger partial charge in [0.2, 0.25) is 15.9 Å². The molecule has 0 atom stereocenters. The Morgan fingerprint density at radius 3 is 2.57 bits per heavy atom. The van der Waals surface area contributed by atoms with E-state index in [-0.39, 0.29) is 29.5 Å². The average Bonchev–Trinajstić information content (AvgIpc) is 2.88. The first-order valence-corrected chi connectivity index (χ1v) is 8.48. The van der Waals surface area contributed by atoms with Crippen LogP contribution in [0, 0.1) is 0 Å². The lowest BCUT2D eigenvalue weighted by Crippen LogP contribution is -2.36. The third-order valence-electron chi connectivity index (χ3n) is 3.72. The molecule has 2 aromatic rings. The van der Waals surface area contributed by atoms with Gasteiger partial charge in [0.1, 0.15) is 0 Å². The van der Waals surface area contributed by atoms with E-state index in [0.29, 0.717) is 23.4 Å². The van der Waals surface area contributed by atoms with Gasteiger partial charge < -0.3 is 10.4 Å². The van der Waals surface area contributed by atoms with Gasteiger partial charge in [0.25, 0.3) is 5.56 Å². The zero-order valence-electron chi connectivity index (χ0n) is 12.4. The van der Waals surface area contributed by atoms with E-state index >= 15 is 0 Å². The highest BCUT2D eigenvalue weighted by Gasteiger charge is 2.30. The molecule has 3 N–H and O–H groups in total. The Hall–Kier alpha value is -2.39. The number of anilines is 1. The normalized spacial score (nSPS) is 15.2. The van der Waals surface area contributed by atoms with Gasteiger partial charge in [-0.1, -0.05) is 0 Å². The highest BCUT2D eigenvalue weighted by molar-refractivity contribution is 7.89. The van der Waals surface area contributed by atoms with Crippen LogP contribution in [0.2, 0.25) is 0 Å². The summed E-state index contributed by atoms with van der Waals surface area (Å²) >= 11 is 0. The fourth-order valence-corrected chi connectivity index (χ4v) is 3.99. The van der Waals surface area contributed by atoms with Gasteiger partial charge >= 0.3 is 0 Å². The first-order chi connectivity index (χ1) is 10.9. The number of nitrogens with zero attached hydrogens (tertiary/aromatic N) is 1. The van der Waals surface area contributed by atoms with Crippen LogP contribution in [0.4, 0.5) is 5.69 Å². The van der Waals surface area contributed by atoms with Crippen LogP contribution in [-0.4, -0.2) is 35.4 Å². The van der Waals surface area contributed by atoms with Crippen molar-refractivity contribution in [1.82, 2.24) is 14.5 Å². The van der Waals surface area contributed by atoms with Crippen molar-refractivity contribution in [2.45, 2.75) is 24.8 Å². The molecule has 0 bridgehead atoms. The highest BCUT2D eigenvalue weighted by Crippen LogP contribution is 2.23. The fraction of sp³-hybridized carbons (Fsp3) is 0.286. The predicted molar refractivity (Wildman–Crippen MR) is 83.5 cm³/mol. The Morgan fingerprint density at radius 1 is 1.22 bits per heavy atom. The maximum absolute atomic E-state index is 12.7. The molecule has 1 aromatic heterocycles. The minimum absolute atomic E-state index is 0.129. The lowest BCUT2D eigenvalue weighted by Gasteiger charge is -2.25. The van der Waals surface area contributed by atoms with Gasteiger partial charge in [-0.15, -0.1) is 0 Å². The third-order valence-corrected chi connectivity index (χ3v) is 5.58. The Kier molecular flexibility index (Phi) is 3.82. The number of aromatic nitrogens is 2. The SMILES string of the molecule is CC(=O)Nc1ccc(S(=O)(=O)N2CCc3c([nH][nH]c3=O)C2)cc1. The van der Waals surface area contributed by atoms with Gasteiger partial charge in [-0.3, -0.25) is 14.7 Å². The molecule has 9 heteroatoms. The van der Waals surface area contributed by atoms with Gasteiger partial charge in [0.15, 0.2) is 0 Å². The molecule has 0 saturated carbocycles. The molecule has 0 radical (unpaired) electrons. The quantitative estimate of drug-likeness (QED) is 0.753. The van der Waals surface area contributed by atoms with Crippen molar-refractivity contribution in [2.24, 2.45) is 0 Å². The van der Waals surface area contributed by atoms with E-state index in [1.54, 1.807) is 12.1 Å². The second-order valence-corrected chi connectivity index (χ2v) is 7.27. The van der Waals surface area contributed by atoms with Gasteiger partial charge in [-0.05, 0) is 30.7 Å². The van der Waals surface area contributed by atoms with E-state index in [9.17, 15) is 18.0 Å². The summed E-state index contributed by atoms with van der Waals surface area (Å²) in [6, 6.07) is 6.00. The number of amides is 1. The van der Waals surface area contributed by atoms with E-state index < -0.39 is 10.0 Å². The van der Waals surface area contributed by atoms with Crippen molar-refractivity contribution in [3.63, 3.8) is 0 Å². The van der Waals surface area contributed by atoms with E-state index in [1.165, 1.54) is 23.4 Å². The maximum Gasteiger partial charge on any atom is 0.267 e. The van der Waals surface area contributed by atoms with Gasteiger partial charge in [0, 0.05) is 24.7 Å². The van der Waals surface area contributed by atoms with Crippen molar-refractivity contribution >= 4 is 21.6 Å². The Morgan fingerprint density at radius 2 is 1.91 bits per heavy atom. The third kappa shape index (κ3) is 2.92. The van der Waals surface area contributed by atoms with Crippen LogP contribution in [0.15, 0.2) is 34.0 Å². The molecule has 0 fully saturated rings. The number of fused-ring (bicyclic) bond motifs is 1. The van der Waals surface area contributed by atoms with E-state index in [1.807, 2.05) is 0 Å². The maximum atomic E-state index is 12.7. The van der Waals surface area contributed by atoms with Crippen molar-refractivity contribution in [3.8, 4) is 0 Å². The summed E-state index contributed by atoms with van der Waals surface area (Å²) in [7, 11) is -3.66. The summed E-state index contributed by atoms with van der Waals surface area (Å²) in [4.78, 5) is 22.7. The van der Waals surface area contributed by atoms with Crippen LogP contribution in [0.25, 0.3) is 0 Å². The number of nitrogens with one attached hydrogen (secondary N) is 3. The van der Waals surface area contributed by atoms with Gasteiger partial charge in [0.05, 0.1) is 17.1 Å². The van der Waals surface area contributed by atoms with Crippen LogP contribution < -0.4 is 10.9 Å². The van der Waals surface area contributed by atoms with E-state index in [0.717, 1.165) is 0 Å². The average molecular weight is 336 g/mol. The summed E-state index contributed by atoms with van der Waals surface area (Å²) in [6.45, 7) is 1.77. The molecule has 0 saturated heterocycles. The zero-order chi connectivity index (χ0) is 16.6. The number of aromatic amines is 2. The molecule has 0 aliphatic carbocycles. The van der Waals surface area contributed by atoms with Gasteiger partial charge in [-0.25, -0.2) is 8.42 Å². The van der Waals surface area contributed by atoms with Crippen molar-refractivity contribution in [2.75, 3.05) is 11.9 Å². The Balaban J connectivity index is 1.84. The summed E-state index contributed by atoms with van der Waals surface area (Å²) in [6.07, 6.45) is 0.372. The van der Waals surface area contributed by atoms with Crippen molar-refractivity contribution in [3.05, 3.63) is 45.9 Å². The summed E-state index contributed by atoms with van der Waals surface area (Å²) in [5, 5.41) is 7.78. The van der Waals surface area contributed by atoms with Crippen LogP contribution in [-0.2, 0) is 27.8 Å². The molecule has 1 aliphatic heterocycles. The van der Waals surface area contributed by atoms with E-state index in [2.05, 4.69) is 15.5 Å². The number of H-pyrrole nitrogens is 2. The topological polar surface area (TPSA) is 115 Å². The largest absolute Gasteiger partial charge is 0.326 e. The molecule has 2 heterocycles. The second kappa shape index (κ2) is 5.67. The molecule has 1 amide bonds. The Bertz CT molecular complexity index is 896. The van der Waals surface area contributed by atoms with Crippen molar-refractivity contribution in [1.29, 1.82) is 0 Å². The molecular formula is C14H16N4O4S. The van der Waals surface area contributed by atoms with Crippen LogP contribution in [0.5, 0.6) is 0 Å². The summed E-state index contributed by atoms with van der Waals surface area (Å²) in [5.41, 5.74) is 1.54. The van der Waals surface area contributed by atoms with E-state index in [4.69, 9.17) is 0 Å². The summed E-state index contributed by atoms with van der Waals surface area (Å²) < 4.78 is 26.7. The lowest BCUT2D eigenvalue weighted by molar-refractivity contribution is -0.114. The molecular weight excluding hydrogens is 320 g/mol. The minimum atomic E-state index is -3.66. The Labute approximate surface area is 132 Å². The second-order valence-electron chi connectivity index (χ2n) is 5.33. The first-order valence-electron chi connectivity index (χ1n) is 7.04. The highest BCUT2D eigenvalue weighted by atomic mass is 32.2. The molecule has 0 spiro atoms. The monoisotopic (exact) mass is 336 g/mol. The summed E-state index contributed by atoms with van der Waals surface area (Å²) in [5.74, 6) is -0.222. The number of hydrogen-bond acceptors (Lipinski definition) is 4. The molecule has 0 unspecified atom stereocenters. The number of benzene rings is 1. The van der Waals surface area contributed by atoms with Crippen LogP contribution in [0.3, 0.4) is 0 Å². The van der Waals surface area contributed by atoms with Crippen LogP contribution >= 0.6 is 0 Å². The standard InChI is InChI=1S/C14H16N4O4S/c1-9(19)15-10-2-4-11(5-3-10)23(21,22)18-7-6-12-13(8-18)16-17-14(12)20/h2-5H,6-8H2,1H3,(H,15,19)(H2,16,17,20). The number of rotatable bonds is 3. The first kappa shape index (κ1) is 15.5. The molecule has 1 aliphatic rings. The van der Waals surface area contributed by atoms with Crippen molar-refractivity contribution < 1.29 is 13.2 Å². The molecule has 3 rings (SSSR count). The minimum Gasteiger partial charge on any atom is -0.326 e. The molecule has 122 valence electrons. The number of carbonyl (C=O) groups excluding carboxylic acids is 1. The fourth-order valence-electron chi connectivity index (χ4n) is 2.58. The van der Waals surface area contributed by atoms with Gasteiger partial charge in [-0.2, -0.15) is 4.31 Å². The number of sulfonamides is 1.